The predicted molar refractivity (Wildman–Crippen MR) is 96.2 cm³/mol. The van der Waals surface area contributed by atoms with E-state index in [0.29, 0.717) is 0 Å². The highest BCUT2D eigenvalue weighted by Gasteiger charge is 2.03. The number of unbranched alkanes of at least 4 members (excludes halogenated alkanes) is 1. The molecular weight excluding hydrogens is 256 g/mol. The van der Waals surface area contributed by atoms with E-state index in [9.17, 15) is 4.79 Å². The first-order valence-electron chi connectivity index (χ1n) is 8.17. The Labute approximate surface area is 132 Å². The molecule has 0 spiro atoms. The minimum atomic E-state index is 0.155. The largest absolute Gasteiger partial charge is 0.295 e. The molecule has 0 amide bonds. The fourth-order valence-corrected chi connectivity index (χ4v) is 1.75. The Balaban J connectivity index is 0. The summed E-state index contributed by atoms with van der Waals surface area (Å²) in [4.78, 5) is 11.1. The van der Waals surface area contributed by atoms with Crippen LogP contribution in [0.3, 0.4) is 0 Å². The van der Waals surface area contributed by atoms with Crippen LogP contribution in [0.1, 0.15) is 82.3 Å². The first kappa shape index (κ1) is 21.9. The predicted octanol–water partition coefficient (Wildman–Crippen LogP) is 6.54. The van der Waals surface area contributed by atoms with Crippen molar-refractivity contribution in [1.29, 1.82) is 0 Å². The molecule has 0 fully saturated rings. The van der Waals surface area contributed by atoms with E-state index in [1.54, 1.807) is 6.92 Å². The van der Waals surface area contributed by atoms with Crippen LogP contribution in [0.2, 0.25) is 0 Å². The Bertz CT molecular complexity index is 416. The fraction of sp³-hybridized carbons (Fsp3) is 0.550. The van der Waals surface area contributed by atoms with E-state index in [1.165, 1.54) is 30.4 Å². The van der Waals surface area contributed by atoms with Crippen molar-refractivity contribution in [2.75, 3.05) is 0 Å². The number of carbonyl (C=O) groups is 1. The quantitative estimate of drug-likeness (QED) is 0.444. The van der Waals surface area contributed by atoms with Gasteiger partial charge in [0, 0.05) is 5.56 Å². The molecule has 0 aromatic heterocycles. The lowest BCUT2D eigenvalue weighted by Crippen LogP contribution is -1.97. The van der Waals surface area contributed by atoms with Gasteiger partial charge in [0.15, 0.2) is 5.78 Å². The summed E-state index contributed by atoms with van der Waals surface area (Å²) in [7, 11) is 0. The topological polar surface area (TPSA) is 17.1 Å². The molecule has 0 radical (unpaired) electrons. The molecule has 1 aromatic rings. The van der Waals surface area contributed by atoms with Crippen LogP contribution in [0.25, 0.3) is 0 Å². The molecule has 0 heterocycles. The third kappa shape index (κ3) is 11.0. The normalized spacial score (nSPS) is 8.90. The van der Waals surface area contributed by atoms with Gasteiger partial charge in [0.1, 0.15) is 0 Å². The molecule has 0 saturated heterocycles. The Morgan fingerprint density at radius 3 is 2.05 bits per heavy atom. The van der Waals surface area contributed by atoms with E-state index < -0.39 is 0 Å². The molecule has 0 aliphatic carbocycles. The third-order valence-electron chi connectivity index (χ3n) is 3.05. The van der Waals surface area contributed by atoms with Crippen molar-refractivity contribution in [3.8, 4) is 0 Å². The number of carbonyl (C=O) groups excluding carboxylic acids is 1. The van der Waals surface area contributed by atoms with E-state index in [2.05, 4.69) is 33.4 Å². The number of benzene rings is 1. The van der Waals surface area contributed by atoms with E-state index in [-0.39, 0.29) is 5.78 Å². The molecule has 1 rings (SSSR count). The van der Waals surface area contributed by atoms with Gasteiger partial charge in [0.25, 0.3) is 0 Å². The number of rotatable bonds is 5. The number of hydrogen-bond acceptors (Lipinski definition) is 1. The van der Waals surface area contributed by atoms with Crippen LogP contribution in [0.4, 0.5) is 0 Å². The second kappa shape index (κ2) is 13.6. The zero-order chi connectivity index (χ0) is 16.8. The Hall–Kier alpha value is -1.37. The fourth-order valence-electron chi connectivity index (χ4n) is 1.75. The van der Waals surface area contributed by atoms with Crippen molar-refractivity contribution in [2.45, 2.75) is 74.1 Å². The molecule has 0 atom stereocenters. The Morgan fingerprint density at radius 2 is 1.71 bits per heavy atom. The average molecular weight is 290 g/mol. The summed E-state index contributed by atoms with van der Waals surface area (Å²) in [6.07, 6.45) is 4.78. The molecule has 0 bridgehead atoms. The highest BCUT2D eigenvalue weighted by molar-refractivity contribution is 5.95. The van der Waals surface area contributed by atoms with Crippen LogP contribution in [-0.4, -0.2) is 5.78 Å². The molecule has 1 aromatic carbocycles. The summed E-state index contributed by atoms with van der Waals surface area (Å²) in [5.41, 5.74) is 4.46. The van der Waals surface area contributed by atoms with Gasteiger partial charge in [0.2, 0.25) is 0 Å². The summed E-state index contributed by atoms with van der Waals surface area (Å²) in [6.45, 7) is 17.7. The monoisotopic (exact) mass is 290 g/mol. The highest BCUT2D eigenvalue weighted by Crippen LogP contribution is 2.12. The molecule has 0 aliphatic rings. The first-order valence-corrected chi connectivity index (χ1v) is 8.17. The van der Waals surface area contributed by atoms with Gasteiger partial charge in [-0.15, -0.1) is 6.58 Å². The Morgan fingerprint density at radius 1 is 1.14 bits per heavy atom. The number of aryl methyl sites for hydroxylation is 2. The molecule has 0 N–H and O–H groups in total. The summed E-state index contributed by atoms with van der Waals surface area (Å²) in [5.74, 6) is 0.155. The molecule has 1 nitrogen and oxygen atoms in total. The number of ketones is 1. The lowest BCUT2D eigenvalue weighted by atomic mass is 10.0. The molecule has 0 unspecified atom stereocenters. The third-order valence-corrected chi connectivity index (χ3v) is 3.05. The van der Waals surface area contributed by atoms with E-state index in [1.807, 2.05) is 32.9 Å². The van der Waals surface area contributed by atoms with Crippen molar-refractivity contribution < 1.29 is 4.79 Å². The summed E-state index contributed by atoms with van der Waals surface area (Å²) in [6, 6.07) is 6.06. The first-order chi connectivity index (χ1) is 9.92. The van der Waals surface area contributed by atoms with Gasteiger partial charge in [-0.05, 0) is 57.2 Å². The molecule has 21 heavy (non-hydrogen) atoms. The smallest absolute Gasteiger partial charge is 0.160 e. The summed E-state index contributed by atoms with van der Waals surface area (Å²) < 4.78 is 0. The van der Waals surface area contributed by atoms with Crippen molar-refractivity contribution in [3.05, 3.63) is 47.0 Å². The average Bonchev–Trinajstić information content (AvgIpc) is 2.48. The highest BCUT2D eigenvalue weighted by atomic mass is 16.1. The maximum atomic E-state index is 11.1. The molecule has 0 aliphatic heterocycles. The molecule has 0 saturated carbocycles. The second-order valence-electron chi connectivity index (χ2n) is 5.12. The van der Waals surface area contributed by atoms with E-state index in [0.717, 1.165) is 17.5 Å². The molecular formula is C20H34O. The van der Waals surface area contributed by atoms with Gasteiger partial charge < -0.3 is 0 Å². The van der Waals surface area contributed by atoms with Crippen LogP contribution in [-0.2, 0) is 6.42 Å². The van der Waals surface area contributed by atoms with E-state index >= 15 is 0 Å². The lowest BCUT2D eigenvalue weighted by Gasteiger charge is -2.03. The zero-order valence-corrected chi connectivity index (χ0v) is 15.2. The van der Waals surface area contributed by atoms with Crippen molar-refractivity contribution in [1.82, 2.24) is 0 Å². The van der Waals surface area contributed by atoms with Crippen LogP contribution in [0.5, 0.6) is 0 Å². The molecule has 120 valence electrons. The maximum Gasteiger partial charge on any atom is 0.160 e. The molecule has 1 heteroatoms. The zero-order valence-electron chi connectivity index (χ0n) is 15.2. The maximum absolute atomic E-state index is 11.1. The summed E-state index contributed by atoms with van der Waals surface area (Å²) >= 11 is 0. The van der Waals surface area contributed by atoms with Crippen molar-refractivity contribution in [2.24, 2.45) is 0 Å². The van der Waals surface area contributed by atoms with Crippen LogP contribution >= 0.6 is 0 Å². The van der Waals surface area contributed by atoms with Crippen LogP contribution in [0, 0.1) is 6.92 Å². The van der Waals surface area contributed by atoms with Gasteiger partial charge >= 0.3 is 0 Å². The lowest BCUT2D eigenvalue weighted by molar-refractivity contribution is 0.101. The minimum absolute atomic E-state index is 0.155. The second-order valence-corrected chi connectivity index (χ2v) is 5.12. The van der Waals surface area contributed by atoms with Crippen molar-refractivity contribution in [3.63, 3.8) is 0 Å². The minimum Gasteiger partial charge on any atom is -0.295 e. The van der Waals surface area contributed by atoms with Crippen LogP contribution in [0.15, 0.2) is 30.4 Å². The van der Waals surface area contributed by atoms with Crippen molar-refractivity contribution >= 4 is 5.78 Å². The number of hydrogen-bond donors (Lipinski definition) is 0. The standard InChI is InChI=1S/C11H14O.C7H14.C2H6/c1-4-10-6-5-8(2)11(7-10)9(3)12;1-4-5-6-7(2)3;1-2/h5-7H,4H2,1-3H3;2,4-6H2,1,3H3;1-2H3. The van der Waals surface area contributed by atoms with Gasteiger partial charge in [0.05, 0.1) is 0 Å². The van der Waals surface area contributed by atoms with Gasteiger partial charge in [-0.2, -0.15) is 0 Å². The number of Topliss-reactive ketones (excluding diaryl/α,β-unsaturated/α-hetero) is 1. The number of allylic oxidation sites excluding steroid dienone is 1. The van der Waals surface area contributed by atoms with Crippen LogP contribution < -0.4 is 0 Å². The summed E-state index contributed by atoms with van der Waals surface area (Å²) in [5, 5.41) is 0. The van der Waals surface area contributed by atoms with Gasteiger partial charge in [-0.25, -0.2) is 0 Å². The van der Waals surface area contributed by atoms with Gasteiger partial charge in [-0.1, -0.05) is 51.8 Å². The van der Waals surface area contributed by atoms with E-state index in [4.69, 9.17) is 0 Å². The Kier molecular flexibility index (Phi) is 14.2. The SMILES string of the molecule is C=C(C)CCCC.CC.CCc1ccc(C)c(C(C)=O)c1. The van der Waals surface area contributed by atoms with Gasteiger partial charge in [-0.3, -0.25) is 4.79 Å².